The van der Waals surface area contributed by atoms with E-state index in [1.54, 1.807) is 0 Å². The molecule has 0 unspecified atom stereocenters. The fourth-order valence-electron chi connectivity index (χ4n) is 1.78. The number of nitrogens with zero attached hydrogens (tertiary/aromatic N) is 2. The van der Waals surface area contributed by atoms with Crippen molar-refractivity contribution < 1.29 is 4.52 Å². The maximum atomic E-state index is 9.09. The minimum Gasteiger partial charge on any atom is -0.359 e. The zero-order valence-electron chi connectivity index (χ0n) is 7.92. The summed E-state index contributed by atoms with van der Waals surface area (Å²) < 4.78 is 5.22. The van der Waals surface area contributed by atoms with Gasteiger partial charge in [-0.1, -0.05) is 5.16 Å². The van der Waals surface area contributed by atoms with E-state index in [2.05, 4.69) is 11.2 Å². The molecule has 0 N–H and O–H groups in total. The van der Waals surface area contributed by atoms with Gasteiger partial charge in [0.1, 0.15) is 5.41 Å². The van der Waals surface area contributed by atoms with Gasteiger partial charge >= 0.3 is 0 Å². The van der Waals surface area contributed by atoms with Gasteiger partial charge in [0, 0.05) is 5.56 Å². The van der Waals surface area contributed by atoms with Crippen molar-refractivity contribution in [2.24, 2.45) is 0 Å². The molecule has 3 heteroatoms. The second kappa shape index (κ2) is 2.59. The molecule has 3 nitrogen and oxygen atoms in total. The van der Waals surface area contributed by atoms with Gasteiger partial charge in [0.25, 0.3) is 0 Å². The Balaban J connectivity index is 2.46. The van der Waals surface area contributed by atoms with E-state index in [0.717, 1.165) is 36.3 Å². The number of hydrogen-bond donors (Lipinski definition) is 0. The molecule has 1 aromatic heterocycles. The van der Waals surface area contributed by atoms with Gasteiger partial charge in [0.15, 0.2) is 5.76 Å². The molecule has 2 rings (SSSR count). The molecule has 0 spiro atoms. The van der Waals surface area contributed by atoms with Crippen LogP contribution in [0.3, 0.4) is 0 Å². The molecule has 0 atom stereocenters. The molecule has 0 aliphatic heterocycles. The minimum absolute atomic E-state index is 0.356. The topological polar surface area (TPSA) is 49.8 Å². The molecule has 0 radical (unpaired) electrons. The molecule has 1 fully saturated rings. The molecule has 1 aliphatic carbocycles. The summed E-state index contributed by atoms with van der Waals surface area (Å²) in [5, 5.41) is 13.0. The summed E-state index contributed by atoms with van der Waals surface area (Å²) >= 11 is 0. The third-order valence-electron chi connectivity index (χ3n) is 3.01. The number of aryl methyl sites for hydroxylation is 1. The van der Waals surface area contributed by atoms with Gasteiger partial charge in [-0.15, -0.1) is 0 Å². The Morgan fingerprint density at radius 2 is 2.15 bits per heavy atom. The lowest BCUT2D eigenvalue weighted by Crippen LogP contribution is -2.32. The predicted molar refractivity (Wildman–Crippen MR) is 47.1 cm³/mol. The van der Waals surface area contributed by atoms with Crippen LogP contribution in [0.2, 0.25) is 0 Å². The molecular weight excluding hydrogens is 164 g/mol. The van der Waals surface area contributed by atoms with E-state index in [1.165, 1.54) is 0 Å². The molecule has 0 bridgehead atoms. The van der Waals surface area contributed by atoms with E-state index < -0.39 is 0 Å². The summed E-state index contributed by atoms with van der Waals surface area (Å²) in [5.74, 6) is 0.791. The van der Waals surface area contributed by atoms with Crippen molar-refractivity contribution in [1.29, 1.82) is 5.26 Å². The predicted octanol–water partition coefficient (Wildman–Crippen LogP) is 2.24. The average molecular weight is 176 g/mol. The third-order valence-corrected chi connectivity index (χ3v) is 3.01. The lowest BCUT2D eigenvalue weighted by Gasteiger charge is -2.32. The first-order chi connectivity index (χ1) is 6.19. The van der Waals surface area contributed by atoms with Gasteiger partial charge < -0.3 is 4.52 Å². The lowest BCUT2D eigenvalue weighted by atomic mass is 9.67. The van der Waals surface area contributed by atoms with Crippen molar-refractivity contribution in [1.82, 2.24) is 5.16 Å². The van der Waals surface area contributed by atoms with Crippen molar-refractivity contribution in [2.45, 2.75) is 38.5 Å². The first kappa shape index (κ1) is 8.31. The highest BCUT2D eigenvalue weighted by Gasteiger charge is 2.43. The third kappa shape index (κ3) is 0.983. The van der Waals surface area contributed by atoms with Crippen LogP contribution >= 0.6 is 0 Å². The highest BCUT2D eigenvalue weighted by atomic mass is 16.5. The van der Waals surface area contributed by atoms with Crippen molar-refractivity contribution in [2.75, 3.05) is 0 Å². The fraction of sp³-hybridized carbons (Fsp3) is 0.600. The highest BCUT2D eigenvalue weighted by Crippen LogP contribution is 2.44. The van der Waals surface area contributed by atoms with E-state index in [4.69, 9.17) is 9.78 Å². The molecule has 1 saturated carbocycles. The normalized spacial score (nSPS) is 19.2. The fourth-order valence-corrected chi connectivity index (χ4v) is 1.78. The largest absolute Gasteiger partial charge is 0.359 e. The van der Waals surface area contributed by atoms with Crippen molar-refractivity contribution in [3.05, 3.63) is 17.0 Å². The van der Waals surface area contributed by atoms with Gasteiger partial charge in [-0.05, 0) is 33.1 Å². The number of aromatic nitrogens is 1. The molecule has 13 heavy (non-hydrogen) atoms. The maximum absolute atomic E-state index is 9.09. The van der Waals surface area contributed by atoms with Crippen LogP contribution in [0.15, 0.2) is 4.52 Å². The Hall–Kier alpha value is -1.30. The van der Waals surface area contributed by atoms with E-state index in [9.17, 15) is 0 Å². The van der Waals surface area contributed by atoms with Crippen LogP contribution in [-0.4, -0.2) is 5.16 Å². The number of rotatable bonds is 1. The van der Waals surface area contributed by atoms with E-state index in [0.29, 0.717) is 0 Å². The summed E-state index contributed by atoms with van der Waals surface area (Å²) in [6, 6.07) is 2.35. The van der Waals surface area contributed by atoms with Gasteiger partial charge in [-0.3, -0.25) is 0 Å². The summed E-state index contributed by atoms with van der Waals surface area (Å²) in [4.78, 5) is 0. The second-order valence-corrected chi connectivity index (χ2v) is 3.77. The van der Waals surface area contributed by atoms with Crippen LogP contribution in [0.25, 0.3) is 0 Å². The second-order valence-electron chi connectivity index (χ2n) is 3.77. The van der Waals surface area contributed by atoms with E-state index in [1.807, 2.05) is 13.8 Å². The van der Waals surface area contributed by atoms with Crippen LogP contribution < -0.4 is 0 Å². The molecule has 68 valence electrons. The molecular formula is C10H12N2O. The Labute approximate surface area is 77.3 Å². The smallest absolute Gasteiger partial charge is 0.160 e. The summed E-state index contributed by atoms with van der Waals surface area (Å²) in [5.41, 5.74) is 1.59. The van der Waals surface area contributed by atoms with Crippen LogP contribution in [0.1, 0.15) is 36.3 Å². The summed E-state index contributed by atoms with van der Waals surface area (Å²) in [6.07, 6.45) is 2.95. The van der Waals surface area contributed by atoms with E-state index in [-0.39, 0.29) is 5.41 Å². The Morgan fingerprint density at radius 3 is 2.46 bits per heavy atom. The molecule has 0 aromatic carbocycles. The standard InChI is InChI=1S/C10H12N2O/c1-7-8(2)12-13-9(7)10(6-11)4-3-5-10/h3-5H2,1-2H3. The first-order valence-corrected chi connectivity index (χ1v) is 4.54. The van der Waals surface area contributed by atoms with Gasteiger partial charge in [0.2, 0.25) is 0 Å². The molecule has 0 amide bonds. The number of nitriles is 1. The van der Waals surface area contributed by atoms with Gasteiger partial charge in [-0.2, -0.15) is 5.26 Å². The first-order valence-electron chi connectivity index (χ1n) is 4.54. The van der Waals surface area contributed by atoms with Crippen LogP contribution in [0, 0.1) is 25.2 Å². The molecule has 1 heterocycles. The number of hydrogen-bond acceptors (Lipinski definition) is 3. The Morgan fingerprint density at radius 1 is 1.46 bits per heavy atom. The summed E-state index contributed by atoms with van der Waals surface area (Å²) in [6.45, 7) is 3.88. The zero-order valence-corrected chi connectivity index (χ0v) is 7.92. The monoisotopic (exact) mass is 176 g/mol. The quantitative estimate of drug-likeness (QED) is 0.659. The Bertz CT molecular complexity index is 369. The average Bonchev–Trinajstić information content (AvgIpc) is 2.35. The van der Waals surface area contributed by atoms with Crippen molar-refractivity contribution in [3.63, 3.8) is 0 Å². The van der Waals surface area contributed by atoms with Crippen LogP contribution in [-0.2, 0) is 5.41 Å². The van der Waals surface area contributed by atoms with Crippen LogP contribution in [0.4, 0.5) is 0 Å². The SMILES string of the molecule is Cc1noc(C2(C#N)CCC2)c1C. The van der Waals surface area contributed by atoms with Crippen molar-refractivity contribution >= 4 is 0 Å². The summed E-state index contributed by atoms with van der Waals surface area (Å²) in [7, 11) is 0. The Kier molecular flexibility index (Phi) is 1.66. The van der Waals surface area contributed by atoms with Crippen molar-refractivity contribution in [3.8, 4) is 6.07 Å². The molecule has 1 aromatic rings. The highest BCUT2D eigenvalue weighted by molar-refractivity contribution is 5.35. The minimum atomic E-state index is -0.356. The lowest BCUT2D eigenvalue weighted by molar-refractivity contribution is 0.238. The molecule has 0 saturated heterocycles. The zero-order chi connectivity index (χ0) is 9.47. The van der Waals surface area contributed by atoms with Gasteiger partial charge in [0.05, 0.1) is 11.8 Å². The van der Waals surface area contributed by atoms with Gasteiger partial charge in [-0.25, -0.2) is 0 Å². The molecule has 1 aliphatic rings. The maximum Gasteiger partial charge on any atom is 0.160 e. The van der Waals surface area contributed by atoms with E-state index >= 15 is 0 Å². The van der Waals surface area contributed by atoms with Crippen LogP contribution in [0.5, 0.6) is 0 Å².